The minimum Gasteiger partial charge on any atom is -0.462 e. The Morgan fingerprint density at radius 3 is 2.07 bits per heavy atom. The summed E-state index contributed by atoms with van der Waals surface area (Å²) < 4.78 is 14.9. The van der Waals surface area contributed by atoms with Crippen molar-refractivity contribution in [3.63, 3.8) is 0 Å². The van der Waals surface area contributed by atoms with Gasteiger partial charge in [0.25, 0.3) is 0 Å². The predicted octanol–water partition coefficient (Wildman–Crippen LogP) is 4.32. The highest BCUT2D eigenvalue weighted by atomic mass is 16.5. The number of carbonyl (C=O) groups excluding carboxylic acids is 1. The van der Waals surface area contributed by atoms with Crippen LogP contribution in [0.25, 0.3) is 0 Å². The van der Waals surface area contributed by atoms with E-state index < -0.39 is 0 Å². The fourth-order valence-electron chi connectivity index (χ4n) is 2.58. The number of aryl methyl sites for hydroxylation is 4. The SMILES string of the molecule is CCCCc1noc(C)c1C(=O)OCC.CCCCc1noc(C)c1CO. The van der Waals surface area contributed by atoms with Gasteiger partial charge < -0.3 is 18.9 Å². The van der Waals surface area contributed by atoms with Crippen molar-refractivity contribution in [1.29, 1.82) is 0 Å². The van der Waals surface area contributed by atoms with E-state index in [0.717, 1.165) is 55.5 Å². The Morgan fingerprint density at radius 1 is 0.963 bits per heavy atom. The number of hydrogen-bond donors (Lipinski definition) is 1. The van der Waals surface area contributed by atoms with Crippen molar-refractivity contribution < 1.29 is 23.7 Å². The normalized spacial score (nSPS) is 10.4. The lowest BCUT2D eigenvalue weighted by Crippen LogP contribution is -2.08. The zero-order chi connectivity index (χ0) is 20.2. The highest BCUT2D eigenvalue weighted by molar-refractivity contribution is 5.91. The number of aromatic nitrogens is 2. The number of aliphatic hydroxyl groups excluding tert-OH is 1. The lowest BCUT2D eigenvalue weighted by molar-refractivity contribution is 0.0523. The summed E-state index contributed by atoms with van der Waals surface area (Å²) in [4.78, 5) is 11.6. The summed E-state index contributed by atoms with van der Waals surface area (Å²) in [5.74, 6) is 0.950. The fourth-order valence-corrected chi connectivity index (χ4v) is 2.58. The number of carbonyl (C=O) groups is 1. The van der Waals surface area contributed by atoms with Gasteiger partial charge in [0.15, 0.2) is 0 Å². The molecule has 0 unspecified atom stereocenters. The number of aliphatic hydroxyl groups is 1. The van der Waals surface area contributed by atoms with Crippen LogP contribution in [0, 0.1) is 13.8 Å². The Labute approximate surface area is 161 Å². The molecule has 2 aromatic heterocycles. The number of esters is 1. The van der Waals surface area contributed by atoms with Crippen LogP contribution in [0.2, 0.25) is 0 Å². The molecule has 0 aliphatic carbocycles. The van der Waals surface area contributed by atoms with Gasteiger partial charge in [-0.25, -0.2) is 4.79 Å². The highest BCUT2D eigenvalue weighted by Gasteiger charge is 2.20. The predicted molar refractivity (Wildman–Crippen MR) is 102 cm³/mol. The van der Waals surface area contributed by atoms with Gasteiger partial charge in [0.2, 0.25) is 0 Å². The van der Waals surface area contributed by atoms with E-state index in [1.54, 1.807) is 13.8 Å². The van der Waals surface area contributed by atoms with Crippen LogP contribution >= 0.6 is 0 Å². The third-order valence-electron chi connectivity index (χ3n) is 4.17. The average molecular weight is 380 g/mol. The Bertz CT molecular complexity index is 691. The maximum Gasteiger partial charge on any atom is 0.343 e. The van der Waals surface area contributed by atoms with Crippen molar-refractivity contribution >= 4 is 5.97 Å². The van der Waals surface area contributed by atoms with Crippen LogP contribution in [0.3, 0.4) is 0 Å². The van der Waals surface area contributed by atoms with Crippen molar-refractivity contribution in [1.82, 2.24) is 10.3 Å². The molecular formula is C20H32N2O5. The van der Waals surface area contributed by atoms with Crippen LogP contribution < -0.4 is 0 Å². The van der Waals surface area contributed by atoms with Crippen LogP contribution in [0.15, 0.2) is 9.05 Å². The van der Waals surface area contributed by atoms with E-state index in [4.69, 9.17) is 18.9 Å². The van der Waals surface area contributed by atoms with Crippen LogP contribution in [-0.4, -0.2) is 28.0 Å². The molecule has 7 heteroatoms. The number of unbranched alkanes of at least 4 members (excludes halogenated alkanes) is 2. The van der Waals surface area contributed by atoms with Gasteiger partial charge in [0.1, 0.15) is 17.1 Å². The molecule has 0 amide bonds. The van der Waals surface area contributed by atoms with Gasteiger partial charge in [-0.3, -0.25) is 0 Å². The molecular weight excluding hydrogens is 348 g/mol. The van der Waals surface area contributed by atoms with E-state index in [2.05, 4.69) is 24.2 Å². The van der Waals surface area contributed by atoms with Gasteiger partial charge in [-0.2, -0.15) is 0 Å². The van der Waals surface area contributed by atoms with Gasteiger partial charge >= 0.3 is 5.97 Å². The Balaban J connectivity index is 0.000000277. The van der Waals surface area contributed by atoms with E-state index in [-0.39, 0.29) is 12.6 Å². The topological polar surface area (TPSA) is 98.6 Å². The van der Waals surface area contributed by atoms with Gasteiger partial charge in [0, 0.05) is 5.56 Å². The molecule has 0 bridgehead atoms. The Hall–Kier alpha value is -2.15. The van der Waals surface area contributed by atoms with Crippen LogP contribution in [0.1, 0.15) is 85.3 Å². The molecule has 0 aliphatic heterocycles. The largest absolute Gasteiger partial charge is 0.462 e. The standard InChI is InChI=1S/C11H17NO3.C9H15NO2/c1-4-6-7-9-10(8(3)15-12-9)11(13)14-5-2;1-3-4-5-9-8(6-11)7(2)12-10-9/h4-7H2,1-3H3;11H,3-6H2,1-2H3. The summed E-state index contributed by atoms with van der Waals surface area (Å²) >= 11 is 0. The highest BCUT2D eigenvalue weighted by Crippen LogP contribution is 2.17. The molecule has 0 saturated carbocycles. The van der Waals surface area contributed by atoms with E-state index in [0.29, 0.717) is 23.6 Å². The van der Waals surface area contributed by atoms with Crippen LogP contribution in [0.4, 0.5) is 0 Å². The molecule has 0 aromatic carbocycles. The van der Waals surface area contributed by atoms with E-state index in [1.807, 2.05) is 6.92 Å². The average Bonchev–Trinajstić information content (AvgIpc) is 3.20. The summed E-state index contributed by atoms with van der Waals surface area (Å²) in [6.45, 7) is 9.97. The summed E-state index contributed by atoms with van der Waals surface area (Å²) in [5.41, 5.74) is 3.00. The molecule has 0 fully saturated rings. The van der Waals surface area contributed by atoms with Gasteiger partial charge in [-0.15, -0.1) is 0 Å². The van der Waals surface area contributed by atoms with Gasteiger partial charge in [0.05, 0.1) is 24.6 Å². The molecule has 0 aliphatic rings. The second-order valence-electron chi connectivity index (χ2n) is 6.31. The second kappa shape index (κ2) is 12.3. The summed E-state index contributed by atoms with van der Waals surface area (Å²) in [5, 5.41) is 16.8. The lowest BCUT2D eigenvalue weighted by atomic mass is 10.1. The zero-order valence-electron chi connectivity index (χ0n) is 17.1. The van der Waals surface area contributed by atoms with E-state index in [9.17, 15) is 4.79 Å². The van der Waals surface area contributed by atoms with Crippen molar-refractivity contribution in [2.45, 2.75) is 79.8 Å². The molecule has 0 atom stereocenters. The first-order valence-corrected chi connectivity index (χ1v) is 9.67. The van der Waals surface area contributed by atoms with Crippen molar-refractivity contribution in [3.8, 4) is 0 Å². The molecule has 1 N–H and O–H groups in total. The van der Waals surface area contributed by atoms with Crippen molar-refractivity contribution in [2.24, 2.45) is 0 Å². The van der Waals surface area contributed by atoms with Crippen LogP contribution in [-0.2, 0) is 24.2 Å². The minimum atomic E-state index is -0.331. The summed E-state index contributed by atoms with van der Waals surface area (Å²) in [6, 6.07) is 0. The molecule has 0 saturated heterocycles. The maximum atomic E-state index is 11.6. The number of ether oxygens (including phenoxy) is 1. The first kappa shape index (κ1) is 22.9. The summed E-state index contributed by atoms with van der Waals surface area (Å²) in [6.07, 6.45) is 5.97. The zero-order valence-corrected chi connectivity index (χ0v) is 17.1. The monoisotopic (exact) mass is 380 g/mol. The third kappa shape index (κ3) is 6.82. The molecule has 2 rings (SSSR count). The van der Waals surface area contributed by atoms with Crippen molar-refractivity contribution in [2.75, 3.05) is 6.61 Å². The molecule has 2 aromatic rings. The Kier molecular flexibility index (Phi) is 10.4. The molecule has 0 radical (unpaired) electrons. The molecule has 152 valence electrons. The van der Waals surface area contributed by atoms with E-state index in [1.165, 1.54) is 0 Å². The van der Waals surface area contributed by atoms with Gasteiger partial charge in [-0.1, -0.05) is 37.0 Å². The minimum absolute atomic E-state index is 0.0361. The quantitative estimate of drug-likeness (QED) is 0.647. The first-order chi connectivity index (χ1) is 13.0. The smallest absolute Gasteiger partial charge is 0.343 e. The number of hydrogen-bond acceptors (Lipinski definition) is 7. The third-order valence-corrected chi connectivity index (χ3v) is 4.17. The Morgan fingerprint density at radius 2 is 1.52 bits per heavy atom. The number of nitrogens with zero attached hydrogens (tertiary/aromatic N) is 2. The molecule has 7 nitrogen and oxygen atoms in total. The van der Waals surface area contributed by atoms with Crippen molar-refractivity contribution in [3.05, 3.63) is 34.0 Å². The van der Waals surface area contributed by atoms with E-state index >= 15 is 0 Å². The summed E-state index contributed by atoms with van der Waals surface area (Å²) in [7, 11) is 0. The van der Waals surface area contributed by atoms with Gasteiger partial charge in [-0.05, 0) is 46.5 Å². The van der Waals surface area contributed by atoms with Crippen LogP contribution in [0.5, 0.6) is 0 Å². The fraction of sp³-hybridized carbons (Fsp3) is 0.650. The maximum absolute atomic E-state index is 11.6. The molecule has 0 spiro atoms. The first-order valence-electron chi connectivity index (χ1n) is 9.67. The lowest BCUT2D eigenvalue weighted by Gasteiger charge is -2.01. The molecule has 27 heavy (non-hydrogen) atoms. The molecule has 2 heterocycles. The number of rotatable bonds is 9. The second-order valence-corrected chi connectivity index (χ2v) is 6.31.